The van der Waals surface area contributed by atoms with E-state index >= 15 is 0 Å². The predicted molar refractivity (Wildman–Crippen MR) is 79.1 cm³/mol. The average Bonchev–Trinajstić information content (AvgIpc) is 3.25. The highest BCUT2D eigenvalue weighted by Crippen LogP contribution is 2.30. The zero-order chi connectivity index (χ0) is 14.9. The summed E-state index contributed by atoms with van der Waals surface area (Å²) in [5.41, 5.74) is 2.88. The monoisotopic (exact) mass is 295 g/mol. The van der Waals surface area contributed by atoms with E-state index in [1.165, 1.54) is 0 Å². The number of imidazole rings is 1. The zero-order valence-electron chi connectivity index (χ0n) is 11.8. The van der Waals surface area contributed by atoms with Crippen molar-refractivity contribution >= 4 is 11.6 Å². The Balaban J connectivity index is 1.76. The summed E-state index contributed by atoms with van der Waals surface area (Å²) in [6.45, 7) is 0. The number of methoxy groups -OCH3 is 1. The van der Waals surface area contributed by atoms with Gasteiger partial charge in [-0.05, 0) is 46.3 Å². The van der Waals surface area contributed by atoms with Crippen molar-refractivity contribution in [1.82, 2.24) is 30.2 Å². The minimum atomic E-state index is -0.133. The van der Waals surface area contributed by atoms with Gasteiger partial charge in [0.05, 0.1) is 25.3 Å². The van der Waals surface area contributed by atoms with Crippen LogP contribution in [0, 0.1) is 0 Å². The zero-order valence-corrected chi connectivity index (χ0v) is 11.8. The Bertz CT molecular complexity index is 804. The number of fused-ring (bicyclic) bond motifs is 1. The van der Waals surface area contributed by atoms with Gasteiger partial charge in [0.1, 0.15) is 11.8 Å². The Morgan fingerprint density at radius 1 is 1.23 bits per heavy atom. The molecule has 1 aliphatic rings. The fraction of sp³-hybridized carbons (Fsp3) is 0.143. The maximum atomic E-state index is 5.19. The van der Waals surface area contributed by atoms with Gasteiger partial charge in [0.15, 0.2) is 0 Å². The molecule has 110 valence electrons. The maximum Gasteiger partial charge on any atom is 0.248 e. The summed E-state index contributed by atoms with van der Waals surface area (Å²) in [6, 6.07) is 7.68. The summed E-state index contributed by atoms with van der Waals surface area (Å²) in [5.74, 6) is 1.41. The number of aromatic amines is 1. The lowest BCUT2D eigenvalue weighted by Gasteiger charge is -2.22. The van der Waals surface area contributed by atoms with E-state index in [1.807, 2.05) is 24.3 Å². The summed E-state index contributed by atoms with van der Waals surface area (Å²) in [7, 11) is 1.65. The van der Waals surface area contributed by atoms with Crippen LogP contribution < -0.4 is 10.1 Å². The van der Waals surface area contributed by atoms with Crippen LogP contribution in [0.2, 0.25) is 0 Å². The van der Waals surface area contributed by atoms with Crippen molar-refractivity contribution in [1.29, 1.82) is 0 Å². The smallest absolute Gasteiger partial charge is 0.248 e. The Kier molecular flexibility index (Phi) is 2.85. The quantitative estimate of drug-likeness (QED) is 0.760. The predicted octanol–water partition coefficient (Wildman–Crippen LogP) is 1.46. The molecule has 2 N–H and O–H groups in total. The molecule has 8 nitrogen and oxygen atoms in total. The van der Waals surface area contributed by atoms with E-state index in [4.69, 9.17) is 4.74 Å². The molecule has 0 saturated carbocycles. The second kappa shape index (κ2) is 4.99. The fourth-order valence-corrected chi connectivity index (χ4v) is 2.44. The third kappa shape index (κ3) is 2.01. The number of hydrogen-bond donors (Lipinski definition) is 2. The molecular formula is C14H13N7O. The number of hydrogen-bond acceptors (Lipinski definition) is 6. The number of benzene rings is 1. The molecule has 1 aromatic carbocycles. The molecule has 1 atom stereocenters. The summed E-state index contributed by atoms with van der Waals surface area (Å²) < 4.78 is 6.90. The number of rotatable bonds is 3. The molecule has 3 heterocycles. The van der Waals surface area contributed by atoms with Gasteiger partial charge < -0.3 is 15.0 Å². The van der Waals surface area contributed by atoms with E-state index in [0.29, 0.717) is 5.95 Å². The van der Waals surface area contributed by atoms with Gasteiger partial charge in [-0.1, -0.05) is 5.10 Å². The highest BCUT2D eigenvalue weighted by molar-refractivity contribution is 5.77. The van der Waals surface area contributed by atoms with Gasteiger partial charge in [0.2, 0.25) is 5.95 Å². The van der Waals surface area contributed by atoms with E-state index in [1.54, 1.807) is 24.3 Å². The van der Waals surface area contributed by atoms with Crippen LogP contribution in [-0.4, -0.2) is 37.3 Å². The number of nitrogens with one attached hydrogen (secondary N) is 2. The second-order valence-corrected chi connectivity index (χ2v) is 4.83. The molecule has 22 heavy (non-hydrogen) atoms. The lowest BCUT2D eigenvalue weighted by atomic mass is 10.1. The van der Waals surface area contributed by atoms with E-state index in [0.717, 1.165) is 22.7 Å². The van der Waals surface area contributed by atoms with E-state index in [2.05, 4.69) is 36.9 Å². The van der Waals surface area contributed by atoms with Crippen LogP contribution in [0.3, 0.4) is 0 Å². The molecule has 0 amide bonds. The van der Waals surface area contributed by atoms with Crippen molar-refractivity contribution in [3.8, 4) is 5.75 Å². The van der Waals surface area contributed by atoms with Crippen LogP contribution in [0.5, 0.6) is 5.75 Å². The molecule has 4 rings (SSSR count). The standard InChI is InChI=1S/C14H13N7O/c1-22-10-4-2-9(3-5-10)11-6-13(12-7-15-8-16-12)21-14(17-11)18-19-20-21/h2-8,13H,1H3,(H,15,16)(H,17,18,20). The molecule has 2 aromatic heterocycles. The van der Waals surface area contributed by atoms with Crippen LogP contribution >= 0.6 is 0 Å². The summed E-state index contributed by atoms with van der Waals surface area (Å²) >= 11 is 0. The molecule has 0 spiro atoms. The van der Waals surface area contributed by atoms with Gasteiger partial charge in [-0.3, -0.25) is 0 Å². The Labute approximate surface area is 125 Å². The minimum Gasteiger partial charge on any atom is -0.497 e. The van der Waals surface area contributed by atoms with Crippen LogP contribution in [0.15, 0.2) is 42.9 Å². The average molecular weight is 295 g/mol. The van der Waals surface area contributed by atoms with Crippen LogP contribution in [-0.2, 0) is 0 Å². The first-order chi connectivity index (χ1) is 10.8. The lowest BCUT2D eigenvalue weighted by molar-refractivity contribution is 0.415. The van der Waals surface area contributed by atoms with Gasteiger partial charge in [0.25, 0.3) is 0 Å². The SMILES string of the molecule is COc1ccc(C2=CC(c3cnc[nH]3)n3nnnc3N2)cc1. The van der Waals surface area contributed by atoms with Crippen LogP contribution in [0.4, 0.5) is 5.95 Å². The van der Waals surface area contributed by atoms with Crippen molar-refractivity contribution in [3.63, 3.8) is 0 Å². The van der Waals surface area contributed by atoms with Gasteiger partial charge in [0, 0.05) is 5.70 Å². The number of tetrazole rings is 1. The number of anilines is 1. The normalized spacial score (nSPS) is 16.6. The van der Waals surface area contributed by atoms with E-state index in [9.17, 15) is 0 Å². The summed E-state index contributed by atoms with van der Waals surface area (Å²) in [6.07, 6.45) is 5.46. The summed E-state index contributed by atoms with van der Waals surface area (Å²) in [4.78, 5) is 7.18. The maximum absolute atomic E-state index is 5.19. The van der Waals surface area contributed by atoms with Gasteiger partial charge in [-0.25, -0.2) is 4.98 Å². The van der Waals surface area contributed by atoms with Crippen molar-refractivity contribution in [2.45, 2.75) is 6.04 Å². The molecule has 0 saturated heterocycles. The first kappa shape index (κ1) is 12.6. The third-order valence-electron chi connectivity index (χ3n) is 3.57. The van der Waals surface area contributed by atoms with Gasteiger partial charge in [-0.2, -0.15) is 4.68 Å². The Hall–Kier alpha value is -3.16. The summed E-state index contributed by atoms with van der Waals surface area (Å²) in [5, 5.41) is 15.0. The molecule has 0 fully saturated rings. The molecule has 1 unspecified atom stereocenters. The number of allylic oxidation sites excluding steroid dienone is 1. The number of ether oxygens (including phenoxy) is 1. The third-order valence-corrected chi connectivity index (χ3v) is 3.57. The molecule has 1 aliphatic heterocycles. The topological polar surface area (TPSA) is 93.5 Å². The number of nitrogens with zero attached hydrogens (tertiary/aromatic N) is 5. The first-order valence-corrected chi connectivity index (χ1v) is 6.74. The highest BCUT2D eigenvalue weighted by Gasteiger charge is 2.25. The van der Waals surface area contributed by atoms with Crippen molar-refractivity contribution in [2.75, 3.05) is 12.4 Å². The minimum absolute atomic E-state index is 0.133. The molecule has 0 radical (unpaired) electrons. The largest absolute Gasteiger partial charge is 0.497 e. The molecule has 3 aromatic rings. The first-order valence-electron chi connectivity index (χ1n) is 6.74. The Morgan fingerprint density at radius 3 is 2.82 bits per heavy atom. The van der Waals surface area contributed by atoms with E-state index in [-0.39, 0.29) is 6.04 Å². The lowest BCUT2D eigenvalue weighted by Crippen LogP contribution is -2.20. The number of aromatic nitrogens is 6. The Morgan fingerprint density at radius 2 is 2.09 bits per heavy atom. The molecule has 0 aliphatic carbocycles. The molecule has 8 heteroatoms. The second-order valence-electron chi connectivity index (χ2n) is 4.83. The van der Waals surface area contributed by atoms with Gasteiger partial charge >= 0.3 is 0 Å². The van der Waals surface area contributed by atoms with Gasteiger partial charge in [-0.15, -0.1) is 0 Å². The molecule has 0 bridgehead atoms. The van der Waals surface area contributed by atoms with Crippen LogP contribution in [0.1, 0.15) is 17.3 Å². The highest BCUT2D eigenvalue weighted by atomic mass is 16.5. The fourth-order valence-electron chi connectivity index (χ4n) is 2.44. The van der Waals surface area contributed by atoms with E-state index < -0.39 is 0 Å². The number of H-pyrrole nitrogens is 1. The van der Waals surface area contributed by atoms with Crippen LogP contribution in [0.25, 0.3) is 5.70 Å². The molecular weight excluding hydrogens is 282 g/mol. The van der Waals surface area contributed by atoms with Crippen molar-refractivity contribution in [3.05, 3.63) is 54.1 Å². The van der Waals surface area contributed by atoms with Crippen molar-refractivity contribution < 1.29 is 4.74 Å². The van der Waals surface area contributed by atoms with Crippen molar-refractivity contribution in [2.24, 2.45) is 0 Å².